The van der Waals surface area contributed by atoms with Gasteiger partial charge in [0.1, 0.15) is 42.2 Å². The minimum absolute atomic E-state index is 0.0440. The predicted molar refractivity (Wildman–Crippen MR) is 264 cm³/mol. The fourth-order valence-corrected chi connectivity index (χ4v) is 10.5. The fraction of sp³-hybridized carbons (Fsp3) is 0.397. The Morgan fingerprint density at radius 1 is 0.729 bits per heavy atom. The number of hydrogen-bond acceptors (Lipinski definition) is 12. The van der Waals surface area contributed by atoms with E-state index in [2.05, 4.69) is 6.58 Å². The Labute approximate surface area is 412 Å². The van der Waals surface area contributed by atoms with Gasteiger partial charge in [0.15, 0.2) is 11.4 Å². The van der Waals surface area contributed by atoms with Gasteiger partial charge in [0.2, 0.25) is 0 Å². The topological polar surface area (TPSA) is 134 Å². The fourth-order valence-electron chi connectivity index (χ4n) is 10.5. The molecular formula is C58H66O12. The number of rotatable bonds is 22. The third-order valence-corrected chi connectivity index (χ3v) is 14.5. The van der Waals surface area contributed by atoms with E-state index in [1.807, 2.05) is 112 Å². The van der Waals surface area contributed by atoms with Gasteiger partial charge in [-0.3, -0.25) is 4.79 Å². The quantitative estimate of drug-likeness (QED) is 0.0371. The van der Waals surface area contributed by atoms with Crippen molar-refractivity contribution in [1.29, 1.82) is 0 Å². The van der Waals surface area contributed by atoms with Gasteiger partial charge in [0.05, 0.1) is 51.8 Å². The SMILES string of the molecule is C=C[C@H](OCc1ccc(OC)cc1)[C@](COCc1ccc(OC)cc1)(OCc1ccccc1)[C@H]1C[C@H](OC(=O)c2ccccc2)[C@@]2(OC(=O)c3ccccc3)CC[C@@H]([C@@H](OCOC)C(=O)[C@@H]1C)C2(C)C. The monoisotopic (exact) mass is 954 g/mol. The van der Waals surface area contributed by atoms with Gasteiger partial charge in [-0.15, -0.1) is 6.58 Å². The van der Waals surface area contributed by atoms with E-state index in [-0.39, 0.29) is 51.8 Å². The number of Topliss-reactive ketones (excluding diaryl/α,β-unsaturated/α-hetero) is 1. The van der Waals surface area contributed by atoms with Crippen molar-refractivity contribution in [1.82, 2.24) is 0 Å². The minimum Gasteiger partial charge on any atom is -0.497 e. The first-order valence-electron chi connectivity index (χ1n) is 23.8. The van der Waals surface area contributed by atoms with E-state index >= 15 is 4.79 Å². The molecule has 70 heavy (non-hydrogen) atoms. The number of carbonyl (C=O) groups is 3. The zero-order valence-electron chi connectivity index (χ0n) is 41.1. The van der Waals surface area contributed by atoms with Gasteiger partial charge in [-0.25, -0.2) is 9.59 Å². The Bertz CT molecular complexity index is 2460. The highest BCUT2D eigenvalue weighted by Crippen LogP contribution is 2.60. The number of fused-ring (bicyclic) bond motifs is 2. The molecule has 0 N–H and O–H groups in total. The second kappa shape index (κ2) is 23.6. The van der Waals surface area contributed by atoms with E-state index in [4.69, 9.17) is 42.6 Å². The summed E-state index contributed by atoms with van der Waals surface area (Å²) in [7, 11) is 4.73. The lowest BCUT2D eigenvalue weighted by atomic mass is 9.66. The van der Waals surface area contributed by atoms with Crippen LogP contribution < -0.4 is 9.47 Å². The average Bonchev–Trinajstić information content (AvgIpc) is 3.66. The van der Waals surface area contributed by atoms with Crippen LogP contribution in [0.1, 0.15) is 77.4 Å². The molecule has 0 aromatic heterocycles. The Hall–Kier alpha value is -6.15. The van der Waals surface area contributed by atoms with Gasteiger partial charge in [-0.05, 0) is 84.5 Å². The molecule has 0 amide bonds. The molecule has 370 valence electrons. The van der Waals surface area contributed by atoms with Crippen molar-refractivity contribution in [3.63, 3.8) is 0 Å². The molecule has 0 unspecified atom stereocenters. The molecule has 2 fully saturated rings. The number of benzene rings is 5. The summed E-state index contributed by atoms with van der Waals surface area (Å²) in [5.41, 5.74) is -0.935. The summed E-state index contributed by atoms with van der Waals surface area (Å²) in [4.78, 5) is 45.1. The molecule has 2 bridgehead atoms. The summed E-state index contributed by atoms with van der Waals surface area (Å²) >= 11 is 0. The number of hydrogen-bond donors (Lipinski definition) is 0. The van der Waals surface area contributed by atoms with Crippen LogP contribution in [0.15, 0.2) is 152 Å². The van der Waals surface area contributed by atoms with Crippen molar-refractivity contribution in [2.24, 2.45) is 23.2 Å². The molecule has 8 atom stereocenters. The lowest BCUT2D eigenvalue weighted by molar-refractivity contribution is -0.220. The third kappa shape index (κ3) is 11.4. The highest BCUT2D eigenvalue weighted by Gasteiger charge is 2.68. The van der Waals surface area contributed by atoms with Crippen LogP contribution >= 0.6 is 0 Å². The van der Waals surface area contributed by atoms with E-state index in [1.165, 1.54) is 7.11 Å². The molecule has 0 aliphatic heterocycles. The lowest BCUT2D eigenvalue weighted by Crippen LogP contribution is -2.61. The van der Waals surface area contributed by atoms with Crippen LogP contribution in [0.3, 0.4) is 0 Å². The van der Waals surface area contributed by atoms with Crippen molar-refractivity contribution in [3.8, 4) is 11.5 Å². The molecular weight excluding hydrogens is 889 g/mol. The molecule has 12 nitrogen and oxygen atoms in total. The smallest absolute Gasteiger partial charge is 0.338 e. The summed E-state index contributed by atoms with van der Waals surface area (Å²) < 4.78 is 57.8. The van der Waals surface area contributed by atoms with Gasteiger partial charge >= 0.3 is 11.9 Å². The highest BCUT2D eigenvalue weighted by molar-refractivity contribution is 5.91. The molecule has 5 aromatic carbocycles. The Kier molecular flexibility index (Phi) is 17.5. The zero-order valence-corrected chi connectivity index (χ0v) is 41.1. The summed E-state index contributed by atoms with van der Waals surface area (Å²) in [5.74, 6) is -2.36. The van der Waals surface area contributed by atoms with E-state index in [0.717, 1.165) is 16.7 Å². The van der Waals surface area contributed by atoms with Crippen LogP contribution in [0.5, 0.6) is 11.5 Å². The standard InChI is InChI=1S/C58H66O12/c1-8-50(66-36-43-26-30-47(64-7)31-27-43)57(68-37-41-18-12-9-13-19-41,38-65-35-42-24-28-46(63-6)29-25-42)49-34-51(69-54(60)44-20-14-10-15-21-44)58(70-55(61)45-22-16-11-17-23-45)33-32-48(56(58,3)4)53(67-39-62-5)52(59)40(49)2/h8-31,40,48-51,53H,1,32-39H2,2-7H3/t40-,48+,49+,50+,51+,53-,57-,58+/m1/s1. The van der Waals surface area contributed by atoms with Crippen LogP contribution in [0.2, 0.25) is 0 Å². The van der Waals surface area contributed by atoms with E-state index in [9.17, 15) is 9.59 Å². The van der Waals surface area contributed by atoms with Crippen LogP contribution in [0.4, 0.5) is 0 Å². The number of ether oxygens (including phenoxy) is 9. The molecule has 0 radical (unpaired) electrons. The zero-order chi connectivity index (χ0) is 49.7. The Morgan fingerprint density at radius 2 is 1.27 bits per heavy atom. The maximum Gasteiger partial charge on any atom is 0.338 e. The van der Waals surface area contributed by atoms with Gasteiger partial charge in [-0.2, -0.15) is 0 Å². The van der Waals surface area contributed by atoms with E-state index < -0.39 is 64.6 Å². The average molecular weight is 955 g/mol. The highest BCUT2D eigenvalue weighted by atomic mass is 16.7. The number of carbonyl (C=O) groups excluding carboxylic acids is 3. The van der Waals surface area contributed by atoms with Crippen LogP contribution in [0, 0.1) is 23.2 Å². The van der Waals surface area contributed by atoms with Crippen LogP contribution in [-0.4, -0.2) is 82.0 Å². The first-order chi connectivity index (χ1) is 33.9. The lowest BCUT2D eigenvalue weighted by Gasteiger charge is -2.50. The van der Waals surface area contributed by atoms with Gasteiger partial charge in [0, 0.05) is 30.3 Å². The van der Waals surface area contributed by atoms with E-state index in [0.29, 0.717) is 29.0 Å². The largest absolute Gasteiger partial charge is 0.497 e. The van der Waals surface area contributed by atoms with Crippen molar-refractivity contribution < 1.29 is 57.0 Å². The maximum atomic E-state index is 15.8. The minimum atomic E-state index is -1.56. The van der Waals surface area contributed by atoms with Crippen LogP contribution in [-0.2, 0) is 57.8 Å². The summed E-state index contributed by atoms with van der Waals surface area (Å²) in [5, 5.41) is 0. The number of ketones is 1. The predicted octanol–water partition coefficient (Wildman–Crippen LogP) is 10.4. The van der Waals surface area contributed by atoms with Gasteiger partial charge in [-0.1, -0.05) is 118 Å². The van der Waals surface area contributed by atoms with Crippen molar-refractivity contribution >= 4 is 17.7 Å². The normalized spacial score (nSPS) is 23.1. The molecule has 0 spiro atoms. The molecule has 2 aliphatic rings. The Morgan fingerprint density at radius 3 is 1.83 bits per heavy atom. The molecule has 2 saturated carbocycles. The van der Waals surface area contributed by atoms with Gasteiger partial charge in [0.25, 0.3) is 0 Å². The molecule has 0 saturated heterocycles. The molecule has 5 aromatic rings. The molecule has 12 heteroatoms. The van der Waals surface area contributed by atoms with Crippen molar-refractivity contribution in [2.75, 3.05) is 34.7 Å². The Balaban J connectivity index is 1.45. The molecule has 0 heterocycles. The van der Waals surface area contributed by atoms with E-state index in [1.54, 1.807) is 68.8 Å². The maximum absolute atomic E-state index is 15.8. The second-order valence-corrected chi connectivity index (χ2v) is 18.7. The summed E-state index contributed by atoms with van der Waals surface area (Å²) in [6, 6.07) is 42.3. The number of esters is 2. The second-order valence-electron chi connectivity index (χ2n) is 18.7. The summed E-state index contributed by atoms with van der Waals surface area (Å²) in [6.45, 7) is 10.2. The molecule has 2 aliphatic carbocycles. The van der Waals surface area contributed by atoms with Crippen LogP contribution in [0.25, 0.3) is 0 Å². The first kappa shape index (κ1) is 51.7. The molecule has 7 rings (SSSR count). The van der Waals surface area contributed by atoms with Crippen molar-refractivity contribution in [2.45, 2.75) is 89.4 Å². The number of methoxy groups -OCH3 is 3. The first-order valence-corrected chi connectivity index (χ1v) is 23.8. The van der Waals surface area contributed by atoms with Gasteiger partial charge < -0.3 is 42.6 Å². The third-order valence-electron chi connectivity index (χ3n) is 14.5. The van der Waals surface area contributed by atoms with Crippen molar-refractivity contribution in [3.05, 3.63) is 180 Å². The summed E-state index contributed by atoms with van der Waals surface area (Å²) in [6.07, 6.45) is -0.885.